The van der Waals surface area contributed by atoms with Crippen molar-refractivity contribution in [2.75, 3.05) is 12.5 Å². The lowest BCUT2D eigenvalue weighted by atomic mass is 10.7. The lowest BCUT2D eigenvalue weighted by molar-refractivity contribution is -0.104. The maximum Gasteiger partial charge on any atom is 0.144 e. The van der Waals surface area contributed by atoms with E-state index < -0.39 is 0 Å². The summed E-state index contributed by atoms with van der Waals surface area (Å²) in [5, 5.41) is 0. The number of aldehydes is 1. The van der Waals surface area contributed by atoms with E-state index in [2.05, 4.69) is 0 Å². The van der Waals surface area contributed by atoms with Crippen LogP contribution in [0.2, 0.25) is 0 Å². The van der Waals surface area contributed by atoms with Crippen LogP contribution in [0.25, 0.3) is 0 Å². The van der Waals surface area contributed by atoms with Gasteiger partial charge < -0.3 is 0 Å². The van der Waals surface area contributed by atoms with E-state index in [-0.39, 0.29) is 0 Å². The lowest BCUT2D eigenvalue weighted by Gasteiger charge is -1.91. The first-order valence-corrected chi connectivity index (χ1v) is 4.53. The number of rotatable bonds is 3. The van der Waals surface area contributed by atoms with E-state index >= 15 is 0 Å². The number of allylic oxidation sites excluding steroid dienone is 1. The Kier molecular flexibility index (Phi) is 5.32. The Morgan fingerprint density at radius 1 is 1.38 bits per heavy atom. The Labute approximate surface area is 57.9 Å². The molecule has 0 saturated carbocycles. The second kappa shape index (κ2) is 5.25. The average Bonchev–Trinajstić information content (AvgIpc) is 1.83. The molecule has 0 radical (unpaired) electrons. The van der Waals surface area contributed by atoms with E-state index in [9.17, 15) is 4.79 Å². The molecule has 0 fully saturated rings. The average molecular weight is 148 g/mol. The highest BCUT2D eigenvalue weighted by Crippen LogP contribution is 2.21. The second-order valence-electron chi connectivity index (χ2n) is 1.03. The maximum atomic E-state index is 9.83. The van der Waals surface area contributed by atoms with Crippen LogP contribution in [0.15, 0.2) is 10.3 Å². The Balaban J connectivity index is 3.66. The molecule has 1 nitrogen and oxygen atoms in total. The summed E-state index contributed by atoms with van der Waals surface area (Å²) >= 11 is 3.17. The van der Waals surface area contributed by atoms with Crippen molar-refractivity contribution in [1.29, 1.82) is 0 Å². The summed E-state index contributed by atoms with van der Waals surface area (Å²) in [7, 11) is 0. The van der Waals surface area contributed by atoms with Crippen molar-refractivity contribution < 1.29 is 4.79 Å². The van der Waals surface area contributed by atoms with Crippen LogP contribution in [-0.4, -0.2) is 18.8 Å². The lowest BCUT2D eigenvalue weighted by Crippen LogP contribution is -1.66. The molecule has 0 bridgehead atoms. The number of carbonyl (C=O) groups excluding carboxylic acids is 1. The zero-order valence-electron chi connectivity index (χ0n) is 4.88. The molecule has 0 spiro atoms. The van der Waals surface area contributed by atoms with Crippen molar-refractivity contribution in [1.82, 2.24) is 0 Å². The summed E-state index contributed by atoms with van der Waals surface area (Å²) in [4.78, 5) is 9.83. The summed E-state index contributed by atoms with van der Waals surface area (Å²) in [6, 6.07) is 0. The van der Waals surface area contributed by atoms with Crippen LogP contribution in [0.3, 0.4) is 0 Å². The SMILES string of the molecule is CSC(=CC=O)SC. The van der Waals surface area contributed by atoms with Gasteiger partial charge in [-0.05, 0) is 18.6 Å². The van der Waals surface area contributed by atoms with Gasteiger partial charge in [0.05, 0.1) is 0 Å². The molecule has 46 valence electrons. The van der Waals surface area contributed by atoms with E-state index in [0.717, 1.165) is 10.5 Å². The van der Waals surface area contributed by atoms with E-state index in [4.69, 9.17) is 0 Å². The minimum absolute atomic E-state index is 0.808. The van der Waals surface area contributed by atoms with Crippen molar-refractivity contribution in [3.63, 3.8) is 0 Å². The summed E-state index contributed by atoms with van der Waals surface area (Å²) in [6.45, 7) is 0. The zero-order chi connectivity index (χ0) is 6.41. The third kappa shape index (κ3) is 3.16. The van der Waals surface area contributed by atoms with Crippen molar-refractivity contribution in [2.45, 2.75) is 0 Å². The minimum atomic E-state index is 0.808. The highest BCUT2D eigenvalue weighted by atomic mass is 32.2. The first kappa shape index (κ1) is 8.11. The van der Waals surface area contributed by atoms with Gasteiger partial charge in [0.25, 0.3) is 0 Å². The fraction of sp³-hybridized carbons (Fsp3) is 0.400. The molecule has 0 heterocycles. The first-order chi connectivity index (χ1) is 3.85. The Morgan fingerprint density at radius 3 is 2.00 bits per heavy atom. The van der Waals surface area contributed by atoms with Gasteiger partial charge in [-0.15, -0.1) is 23.5 Å². The van der Waals surface area contributed by atoms with Gasteiger partial charge in [-0.1, -0.05) is 0 Å². The third-order valence-electron chi connectivity index (χ3n) is 0.606. The van der Waals surface area contributed by atoms with Crippen LogP contribution in [0.1, 0.15) is 0 Å². The first-order valence-electron chi connectivity index (χ1n) is 2.08. The van der Waals surface area contributed by atoms with Gasteiger partial charge in [0.1, 0.15) is 6.29 Å². The van der Waals surface area contributed by atoms with E-state index in [1.165, 1.54) is 0 Å². The Bertz CT molecular complexity index is 92.6. The van der Waals surface area contributed by atoms with Gasteiger partial charge in [0, 0.05) is 4.24 Å². The summed E-state index contributed by atoms with van der Waals surface area (Å²) in [5.74, 6) is 0. The predicted molar refractivity (Wildman–Crippen MR) is 41.2 cm³/mol. The Morgan fingerprint density at radius 2 is 1.88 bits per heavy atom. The standard InChI is InChI=1S/C5H8OS2/c1-7-5(8-2)3-4-6/h3-4H,1-2H3. The van der Waals surface area contributed by atoms with Crippen molar-refractivity contribution in [3.05, 3.63) is 10.3 Å². The highest BCUT2D eigenvalue weighted by molar-refractivity contribution is 8.21. The maximum absolute atomic E-state index is 9.83. The van der Waals surface area contributed by atoms with E-state index in [1.807, 2.05) is 12.5 Å². The van der Waals surface area contributed by atoms with Gasteiger partial charge >= 0.3 is 0 Å². The smallest absolute Gasteiger partial charge is 0.144 e. The molecule has 0 aliphatic rings. The predicted octanol–water partition coefficient (Wildman–Crippen LogP) is 1.75. The number of thioether (sulfide) groups is 2. The van der Waals surface area contributed by atoms with Gasteiger partial charge in [0.2, 0.25) is 0 Å². The summed E-state index contributed by atoms with van der Waals surface area (Å²) in [6.07, 6.45) is 6.27. The molecule has 0 aliphatic heterocycles. The van der Waals surface area contributed by atoms with Crippen LogP contribution >= 0.6 is 23.5 Å². The molecule has 0 rings (SSSR count). The molecule has 0 aliphatic carbocycles. The van der Waals surface area contributed by atoms with Gasteiger partial charge in [-0.3, -0.25) is 4.79 Å². The van der Waals surface area contributed by atoms with E-state index in [1.54, 1.807) is 29.6 Å². The summed E-state index contributed by atoms with van der Waals surface area (Å²) < 4.78 is 1.06. The molecule has 0 N–H and O–H groups in total. The zero-order valence-corrected chi connectivity index (χ0v) is 6.51. The largest absolute Gasteiger partial charge is 0.298 e. The topological polar surface area (TPSA) is 17.1 Å². The monoisotopic (exact) mass is 148 g/mol. The normalized spacial score (nSPS) is 8.25. The molecule has 3 heteroatoms. The molecule has 8 heavy (non-hydrogen) atoms. The van der Waals surface area contributed by atoms with Crippen LogP contribution in [-0.2, 0) is 4.79 Å². The Hall–Kier alpha value is 0.110. The molecule has 0 aromatic carbocycles. The third-order valence-corrected chi connectivity index (χ3v) is 2.68. The molecule has 0 aromatic rings. The van der Waals surface area contributed by atoms with Gasteiger partial charge in [-0.25, -0.2) is 0 Å². The van der Waals surface area contributed by atoms with Crippen molar-refractivity contribution >= 4 is 29.8 Å². The highest BCUT2D eigenvalue weighted by Gasteiger charge is 1.86. The van der Waals surface area contributed by atoms with Gasteiger partial charge in [0.15, 0.2) is 0 Å². The fourth-order valence-corrected chi connectivity index (χ4v) is 1.32. The van der Waals surface area contributed by atoms with Crippen LogP contribution in [0.4, 0.5) is 0 Å². The quantitative estimate of drug-likeness (QED) is 0.448. The molecule has 0 aromatic heterocycles. The van der Waals surface area contributed by atoms with Crippen LogP contribution in [0, 0.1) is 0 Å². The molecular weight excluding hydrogens is 140 g/mol. The van der Waals surface area contributed by atoms with Gasteiger partial charge in [-0.2, -0.15) is 0 Å². The number of hydrogen-bond acceptors (Lipinski definition) is 3. The molecular formula is C5H8OS2. The van der Waals surface area contributed by atoms with Crippen molar-refractivity contribution in [2.24, 2.45) is 0 Å². The molecule has 0 saturated heterocycles. The molecule has 0 amide bonds. The minimum Gasteiger partial charge on any atom is -0.298 e. The fourth-order valence-electron chi connectivity index (χ4n) is 0.275. The van der Waals surface area contributed by atoms with Crippen LogP contribution < -0.4 is 0 Å². The van der Waals surface area contributed by atoms with Crippen LogP contribution in [0.5, 0.6) is 0 Å². The number of hydrogen-bond donors (Lipinski definition) is 0. The molecule has 0 unspecified atom stereocenters. The van der Waals surface area contributed by atoms with Crippen molar-refractivity contribution in [3.8, 4) is 0 Å². The summed E-state index contributed by atoms with van der Waals surface area (Å²) in [5.41, 5.74) is 0. The molecule has 0 atom stereocenters. The number of carbonyl (C=O) groups is 1. The second-order valence-corrected chi connectivity index (χ2v) is 2.98. The van der Waals surface area contributed by atoms with E-state index in [0.29, 0.717) is 0 Å².